The fraction of sp³-hybridized carbons (Fsp3) is 0.440. The first kappa shape index (κ1) is 23.0. The first-order valence-corrected chi connectivity index (χ1v) is 11.1. The maximum absolute atomic E-state index is 5.93. The predicted molar refractivity (Wildman–Crippen MR) is 130 cm³/mol. The Kier molecular flexibility index (Phi) is 8.62. The van der Waals surface area contributed by atoms with E-state index in [0.717, 1.165) is 56.3 Å². The predicted octanol–water partition coefficient (Wildman–Crippen LogP) is 4.20. The van der Waals surface area contributed by atoms with Gasteiger partial charge in [0, 0.05) is 63.8 Å². The molecule has 6 heteroatoms. The molecule has 1 fully saturated rings. The molecular weight excluding hydrogens is 386 g/mol. The topological polar surface area (TPSA) is 52.5 Å². The van der Waals surface area contributed by atoms with Crippen LogP contribution in [-0.2, 0) is 13.1 Å². The van der Waals surface area contributed by atoms with Gasteiger partial charge in [0.25, 0.3) is 0 Å². The number of rotatable bonds is 7. The van der Waals surface area contributed by atoms with E-state index in [-0.39, 0.29) is 0 Å². The smallest absolute Gasteiger partial charge is 0.316 e. The van der Waals surface area contributed by atoms with E-state index >= 15 is 0 Å². The van der Waals surface area contributed by atoms with Crippen molar-refractivity contribution in [3.05, 3.63) is 59.2 Å². The number of amidine groups is 1. The maximum atomic E-state index is 5.93. The summed E-state index contributed by atoms with van der Waals surface area (Å²) in [7, 11) is 2.19. The second kappa shape index (κ2) is 11.6. The average Bonchev–Trinajstić information content (AvgIpc) is 2.76. The van der Waals surface area contributed by atoms with Crippen molar-refractivity contribution >= 4 is 17.9 Å². The third-order valence-electron chi connectivity index (χ3n) is 5.41. The van der Waals surface area contributed by atoms with Crippen molar-refractivity contribution in [2.24, 2.45) is 9.98 Å². The van der Waals surface area contributed by atoms with E-state index < -0.39 is 0 Å². The summed E-state index contributed by atoms with van der Waals surface area (Å²) in [6, 6.07) is 15.4. The molecule has 0 spiro atoms. The Morgan fingerprint density at radius 2 is 1.87 bits per heavy atom. The largest absolute Gasteiger partial charge is 0.424 e. The van der Waals surface area contributed by atoms with Crippen LogP contribution in [0, 0.1) is 6.92 Å². The van der Waals surface area contributed by atoms with Gasteiger partial charge in [-0.3, -0.25) is 4.90 Å². The number of aryl methyl sites for hydroxylation is 1. The maximum Gasteiger partial charge on any atom is 0.316 e. The van der Waals surface area contributed by atoms with Gasteiger partial charge in [0.1, 0.15) is 5.75 Å². The normalized spacial score (nSPS) is 16.1. The van der Waals surface area contributed by atoms with Crippen molar-refractivity contribution in [3.8, 4) is 5.75 Å². The summed E-state index contributed by atoms with van der Waals surface area (Å²) in [5.41, 5.74) is 4.71. The Hall–Kier alpha value is -2.70. The first-order chi connectivity index (χ1) is 15.1. The number of ether oxygens (including phenoxy) is 1. The zero-order valence-electron chi connectivity index (χ0n) is 19.3. The number of hydrogen-bond donors (Lipinski definition) is 1. The number of likely N-dealkylation sites (N-methyl/N-ethyl adjacent to an activating group) is 1. The van der Waals surface area contributed by atoms with Crippen LogP contribution in [0.3, 0.4) is 0 Å². The summed E-state index contributed by atoms with van der Waals surface area (Å²) < 4.78 is 5.93. The molecule has 0 amide bonds. The van der Waals surface area contributed by atoms with E-state index in [9.17, 15) is 0 Å². The summed E-state index contributed by atoms with van der Waals surface area (Å²) in [4.78, 5) is 13.4. The Balaban J connectivity index is 1.61. The Labute approximate surface area is 186 Å². The fourth-order valence-electron chi connectivity index (χ4n) is 3.57. The van der Waals surface area contributed by atoms with E-state index in [2.05, 4.69) is 68.5 Å². The van der Waals surface area contributed by atoms with Crippen molar-refractivity contribution in [1.82, 2.24) is 9.80 Å². The lowest BCUT2D eigenvalue weighted by atomic mass is 10.1. The molecule has 2 aromatic rings. The van der Waals surface area contributed by atoms with Crippen LogP contribution in [0.5, 0.6) is 5.75 Å². The van der Waals surface area contributed by atoms with Crippen LogP contribution in [0.1, 0.15) is 30.5 Å². The molecule has 0 radical (unpaired) electrons. The summed E-state index contributed by atoms with van der Waals surface area (Å²) in [6.07, 6.45) is 1.70. The summed E-state index contributed by atoms with van der Waals surface area (Å²) in [5, 5.41) is 3.52. The van der Waals surface area contributed by atoms with Gasteiger partial charge in [0.05, 0.1) is 0 Å². The molecule has 3 rings (SSSR count). The van der Waals surface area contributed by atoms with E-state index in [0.29, 0.717) is 12.6 Å². The second-order valence-corrected chi connectivity index (χ2v) is 7.98. The van der Waals surface area contributed by atoms with Crippen molar-refractivity contribution in [1.29, 1.82) is 0 Å². The van der Waals surface area contributed by atoms with Gasteiger partial charge >= 0.3 is 6.02 Å². The molecule has 0 bridgehead atoms. The van der Waals surface area contributed by atoms with Gasteiger partial charge in [0.15, 0.2) is 0 Å². The molecular formula is C25H35N5O. The van der Waals surface area contributed by atoms with Crippen LogP contribution in [0.15, 0.2) is 52.4 Å². The molecule has 31 heavy (non-hydrogen) atoms. The molecule has 1 aliphatic heterocycles. The van der Waals surface area contributed by atoms with Gasteiger partial charge < -0.3 is 15.0 Å². The van der Waals surface area contributed by atoms with Crippen molar-refractivity contribution < 1.29 is 4.74 Å². The molecule has 1 aliphatic rings. The van der Waals surface area contributed by atoms with Crippen molar-refractivity contribution in [3.63, 3.8) is 0 Å². The standard InChI is InChI=1S/C25H35N5O/c1-5-26-25(27-6-2)31-24-17-23(11-10-20(24)3)28-18-21-8-7-9-22(16-21)19-30-14-12-29(4)13-15-30/h5,7-11,16-17,28H,6,12-15,18-19H2,1-4H3/b26-5-,27-25?. The van der Waals surface area contributed by atoms with E-state index in [1.165, 1.54) is 11.1 Å². The van der Waals surface area contributed by atoms with E-state index in [1.807, 2.05) is 26.8 Å². The Bertz CT molecular complexity index is 901. The summed E-state index contributed by atoms with van der Waals surface area (Å²) in [5.74, 6) is 0.770. The first-order valence-electron chi connectivity index (χ1n) is 11.1. The minimum atomic E-state index is 0.391. The summed E-state index contributed by atoms with van der Waals surface area (Å²) >= 11 is 0. The van der Waals surface area contributed by atoms with Crippen LogP contribution in [0.25, 0.3) is 0 Å². The van der Waals surface area contributed by atoms with Gasteiger partial charge in [-0.2, -0.15) is 0 Å². The zero-order valence-corrected chi connectivity index (χ0v) is 19.3. The van der Waals surface area contributed by atoms with Crippen molar-refractivity contribution in [2.75, 3.05) is 45.1 Å². The second-order valence-electron chi connectivity index (χ2n) is 7.98. The third-order valence-corrected chi connectivity index (χ3v) is 5.41. The van der Waals surface area contributed by atoms with Crippen LogP contribution in [0.2, 0.25) is 0 Å². The molecule has 0 aromatic heterocycles. The van der Waals surface area contributed by atoms with Crippen LogP contribution in [-0.4, -0.2) is 61.8 Å². The van der Waals surface area contributed by atoms with Crippen LogP contribution in [0.4, 0.5) is 5.69 Å². The minimum absolute atomic E-state index is 0.391. The molecule has 0 unspecified atom stereocenters. The van der Waals surface area contributed by atoms with E-state index in [1.54, 1.807) is 6.21 Å². The highest BCUT2D eigenvalue weighted by molar-refractivity contribution is 5.84. The van der Waals surface area contributed by atoms with E-state index in [4.69, 9.17) is 4.74 Å². The number of benzene rings is 2. The zero-order chi connectivity index (χ0) is 22.1. The van der Waals surface area contributed by atoms with Gasteiger partial charge in [-0.05, 0) is 50.6 Å². The number of nitrogens with one attached hydrogen (secondary N) is 1. The third kappa shape index (κ3) is 7.19. The van der Waals surface area contributed by atoms with Gasteiger partial charge in [0.2, 0.25) is 0 Å². The molecule has 1 N–H and O–H groups in total. The number of hydrogen-bond acceptors (Lipinski definition) is 5. The van der Waals surface area contributed by atoms with Crippen LogP contribution >= 0.6 is 0 Å². The highest BCUT2D eigenvalue weighted by Gasteiger charge is 2.14. The van der Waals surface area contributed by atoms with Gasteiger partial charge in [-0.15, -0.1) is 0 Å². The minimum Gasteiger partial charge on any atom is -0.424 e. The Morgan fingerprint density at radius 3 is 2.61 bits per heavy atom. The van der Waals surface area contributed by atoms with Crippen LogP contribution < -0.4 is 10.1 Å². The molecule has 0 aliphatic carbocycles. The van der Waals surface area contributed by atoms with Gasteiger partial charge in [-0.25, -0.2) is 9.98 Å². The number of anilines is 1. The number of piperazine rings is 1. The quantitative estimate of drug-likeness (QED) is 0.538. The molecule has 166 valence electrons. The monoisotopic (exact) mass is 421 g/mol. The molecule has 6 nitrogen and oxygen atoms in total. The lowest BCUT2D eigenvalue weighted by Crippen LogP contribution is -2.43. The summed E-state index contributed by atoms with van der Waals surface area (Å²) in [6.45, 7) is 12.8. The highest BCUT2D eigenvalue weighted by atomic mass is 16.5. The lowest BCUT2D eigenvalue weighted by molar-refractivity contribution is 0.148. The highest BCUT2D eigenvalue weighted by Crippen LogP contribution is 2.24. The van der Waals surface area contributed by atoms with Gasteiger partial charge in [-0.1, -0.05) is 30.3 Å². The molecule has 0 atom stereocenters. The van der Waals surface area contributed by atoms with Crippen molar-refractivity contribution in [2.45, 2.75) is 33.9 Å². The Morgan fingerprint density at radius 1 is 1.10 bits per heavy atom. The fourth-order valence-corrected chi connectivity index (χ4v) is 3.57. The number of aliphatic imine (C=N–C) groups is 2. The molecule has 2 aromatic carbocycles. The molecule has 0 saturated carbocycles. The average molecular weight is 422 g/mol. The number of nitrogens with zero attached hydrogens (tertiary/aromatic N) is 4. The lowest BCUT2D eigenvalue weighted by Gasteiger charge is -2.32. The molecule has 1 heterocycles. The molecule has 1 saturated heterocycles. The SMILES string of the molecule is C/C=N\C(=NCC)Oc1cc(NCc2cccc(CN3CCN(C)CC3)c2)ccc1C.